The molecule has 1 atom stereocenters. The molecular weight excluding hydrogens is 350 g/mol. The van der Waals surface area contributed by atoms with Gasteiger partial charge >= 0.3 is 0 Å². The van der Waals surface area contributed by atoms with Crippen molar-refractivity contribution in [2.24, 2.45) is 0 Å². The number of fused-ring (bicyclic) bond motifs is 1. The fraction of sp³-hybridized carbons (Fsp3) is 0.222. The van der Waals surface area contributed by atoms with Crippen LogP contribution in [0.3, 0.4) is 0 Å². The Morgan fingerprint density at radius 3 is 2.81 bits per heavy atom. The molecule has 0 unspecified atom stereocenters. The highest BCUT2D eigenvalue weighted by Crippen LogP contribution is 2.21. The van der Waals surface area contributed by atoms with Crippen molar-refractivity contribution in [2.75, 3.05) is 6.54 Å². The molecule has 0 bridgehead atoms. The SMILES string of the molecule is Cc1cc(C)n([C@@H](CNC(=O)c2ccc3nsnc3c2)c2ccco2)n1. The van der Waals surface area contributed by atoms with E-state index in [1.165, 1.54) is 0 Å². The molecule has 132 valence electrons. The maximum absolute atomic E-state index is 12.6. The molecule has 0 saturated carbocycles. The molecule has 1 aromatic carbocycles. The van der Waals surface area contributed by atoms with Crippen LogP contribution in [0.25, 0.3) is 11.0 Å². The highest BCUT2D eigenvalue weighted by atomic mass is 32.1. The van der Waals surface area contributed by atoms with E-state index in [9.17, 15) is 4.79 Å². The molecule has 1 N–H and O–H groups in total. The van der Waals surface area contributed by atoms with Crippen LogP contribution < -0.4 is 5.32 Å². The summed E-state index contributed by atoms with van der Waals surface area (Å²) in [6, 6.07) is 10.8. The van der Waals surface area contributed by atoms with Gasteiger partial charge in [0.2, 0.25) is 0 Å². The van der Waals surface area contributed by atoms with Crippen molar-refractivity contribution in [3.05, 3.63) is 65.4 Å². The topological polar surface area (TPSA) is 85.8 Å². The molecule has 0 fully saturated rings. The average Bonchev–Trinajstić information content (AvgIpc) is 3.36. The molecule has 4 aromatic rings. The first-order chi connectivity index (χ1) is 12.6. The van der Waals surface area contributed by atoms with E-state index >= 15 is 0 Å². The van der Waals surface area contributed by atoms with Gasteiger partial charge in [0.1, 0.15) is 22.8 Å². The van der Waals surface area contributed by atoms with E-state index in [1.54, 1.807) is 24.5 Å². The molecule has 0 aliphatic rings. The smallest absolute Gasteiger partial charge is 0.251 e. The van der Waals surface area contributed by atoms with Crippen LogP contribution in [-0.2, 0) is 0 Å². The third kappa shape index (κ3) is 3.11. The summed E-state index contributed by atoms with van der Waals surface area (Å²) in [6.07, 6.45) is 1.62. The van der Waals surface area contributed by atoms with Gasteiger partial charge in [0.15, 0.2) is 0 Å². The number of carbonyl (C=O) groups excluding carboxylic acids is 1. The highest BCUT2D eigenvalue weighted by molar-refractivity contribution is 7.00. The molecule has 26 heavy (non-hydrogen) atoms. The Morgan fingerprint density at radius 1 is 1.23 bits per heavy atom. The maximum atomic E-state index is 12.6. The summed E-state index contributed by atoms with van der Waals surface area (Å²) in [5, 5.41) is 7.51. The Morgan fingerprint density at radius 2 is 2.08 bits per heavy atom. The third-order valence-electron chi connectivity index (χ3n) is 4.18. The monoisotopic (exact) mass is 367 g/mol. The van der Waals surface area contributed by atoms with Crippen LogP contribution in [0, 0.1) is 13.8 Å². The zero-order valence-corrected chi connectivity index (χ0v) is 15.2. The molecule has 3 heterocycles. The third-order valence-corrected chi connectivity index (χ3v) is 4.74. The van der Waals surface area contributed by atoms with Crippen LogP contribution in [0.1, 0.15) is 33.5 Å². The van der Waals surface area contributed by atoms with E-state index in [0.29, 0.717) is 12.1 Å². The van der Waals surface area contributed by atoms with Gasteiger partial charge in [0.25, 0.3) is 5.91 Å². The van der Waals surface area contributed by atoms with E-state index in [1.807, 2.05) is 36.7 Å². The Hall–Kier alpha value is -3.00. The minimum atomic E-state index is -0.215. The molecule has 0 radical (unpaired) electrons. The molecule has 0 aliphatic carbocycles. The number of nitrogens with one attached hydrogen (secondary N) is 1. The van der Waals surface area contributed by atoms with Gasteiger partial charge in [0.05, 0.1) is 23.7 Å². The Kier molecular flexibility index (Phi) is 4.26. The second kappa shape index (κ2) is 6.72. The van der Waals surface area contributed by atoms with Gasteiger partial charge in [-0.1, -0.05) is 0 Å². The Balaban J connectivity index is 1.56. The van der Waals surface area contributed by atoms with E-state index < -0.39 is 0 Å². The van der Waals surface area contributed by atoms with Crippen LogP contribution in [0.15, 0.2) is 47.1 Å². The lowest BCUT2D eigenvalue weighted by Gasteiger charge is -2.18. The van der Waals surface area contributed by atoms with Crippen molar-refractivity contribution in [2.45, 2.75) is 19.9 Å². The van der Waals surface area contributed by atoms with Crippen LogP contribution in [0.4, 0.5) is 0 Å². The second-order valence-corrected chi connectivity index (χ2v) is 6.61. The summed E-state index contributed by atoms with van der Waals surface area (Å²) in [7, 11) is 0. The van der Waals surface area contributed by atoms with Crippen molar-refractivity contribution >= 4 is 28.7 Å². The minimum Gasteiger partial charge on any atom is -0.467 e. The number of benzene rings is 1. The molecular formula is C18H17N5O2S. The summed E-state index contributed by atoms with van der Waals surface area (Å²) in [5.74, 6) is 0.577. The summed E-state index contributed by atoms with van der Waals surface area (Å²) in [4.78, 5) is 12.6. The fourth-order valence-corrected chi connectivity index (χ4v) is 3.48. The van der Waals surface area contributed by atoms with Gasteiger partial charge in [-0.25, -0.2) is 0 Å². The van der Waals surface area contributed by atoms with E-state index in [0.717, 1.165) is 39.9 Å². The van der Waals surface area contributed by atoms with Gasteiger partial charge in [-0.05, 0) is 50.2 Å². The number of amides is 1. The number of nitrogens with zero attached hydrogens (tertiary/aromatic N) is 4. The number of hydrogen-bond donors (Lipinski definition) is 1. The van der Waals surface area contributed by atoms with Crippen LogP contribution >= 0.6 is 11.7 Å². The van der Waals surface area contributed by atoms with Crippen LogP contribution in [-0.4, -0.2) is 31.0 Å². The molecule has 0 saturated heterocycles. The summed E-state index contributed by atoms with van der Waals surface area (Å²) in [6.45, 7) is 4.29. The molecule has 3 aromatic heterocycles. The van der Waals surface area contributed by atoms with E-state index in [-0.39, 0.29) is 11.9 Å². The van der Waals surface area contributed by atoms with Crippen LogP contribution in [0.5, 0.6) is 0 Å². The fourth-order valence-electron chi connectivity index (χ4n) is 2.96. The highest BCUT2D eigenvalue weighted by Gasteiger charge is 2.21. The van der Waals surface area contributed by atoms with Gasteiger partial charge < -0.3 is 9.73 Å². The lowest BCUT2D eigenvalue weighted by atomic mass is 10.1. The summed E-state index contributed by atoms with van der Waals surface area (Å²) in [5.41, 5.74) is 4.00. The largest absolute Gasteiger partial charge is 0.467 e. The molecule has 4 rings (SSSR count). The number of carbonyl (C=O) groups is 1. The predicted octanol–water partition coefficient (Wildman–Crippen LogP) is 3.12. The van der Waals surface area contributed by atoms with Crippen molar-refractivity contribution in [3.8, 4) is 0 Å². The minimum absolute atomic E-state index is 0.169. The maximum Gasteiger partial charge on any atom is 0.251 e. The zero-order valence-electron chi connectivity index (χ0n) is 14.3. The van der Waals surface area contributed by atoms with Gasteiger partial charge in [-0.15, -0.1) is 0 Å². The standard InChI is InChI=1S/C18H17N5O2S/c1-11-8-12(2)23(20-11)16(17-4-3-7-25-17)10-19-18(24)13-5-6-14-15(9-13)22-26-21-14/h3-9,16H,10H2,1-2H3,(H,19,24)/t16-/m0/s1. The van der Waals surface area contributed by atoms with Crippen molar-refractivity contribution in [3.63, 3.8) is 0 Å². The molecule has 1 amide bonds. The number of hydrogen-bond acceptors (Lipinski definition) is 6. The van der Waals surface area contributed by atoms with Gasteiger partial charge in [-0.3, -0.25) is 9.48 Å². The number of aromatic nitrogens is 4. The quantitative estimate of drug-likeness (QED) is 0.586. The first-order valence-corrected chi connectivity index (χ1v) is 8.91. The average molecular weight is 367 g/mol. The summed E-state index contributed by atoms with van der Waals surface area (Å²) < 4.78 is 15.8. The lowest BCUT2D eigenvalue weighted by molar-refractivity contribution is 0.0948. The molecule has 7 nitrogen and oxygen atoms in total. The second-order valence-electron chi connectivity index (χ2n) is 6.08. The van der Waals surface area contributed by atoms with Crippen molar-refractivity contribution < 1.29 is 9.21 Å². The Labute approximate surface area is 154 Å². The van der Waals surface area contributed by atoms with E-state index in [2.05, 4.69) is 19.2 Å². The van der Waals surface area contributed by atoms with Crippen molar-refractivity contribution in [1.82, 2.24) is 23.8 Å². The first kappa shape index (κ1) is 16.5. The lowest BCUT2D eigenvalue weighted by Crippen LogP contribution is -2.32. The molecule has 0 aliphatic heterocycles. The summed E-state index contributed by atoms with van der Waals surface area (Å²) >= 11 is 1.14. The van der Waals surface area contributed by atoms with Crippen molar-refractivity contribution in [1.29, 1.82) is 0 Å². The van der Waals surface area contributed by atoms with E-state index in [4.69, 9.17) is 4.42 Å². The normalized spacial score (nSPS) is 12.4. The predicted molar refractivity (Wildman–Crippen MR) is 98.3 cm³/mol. The van der Waals surface area contributed by atoms with Crippen LogP contribution in [0.2, 0.25) is 0 Å². The zero-order chi connectivity index (χ0) is 18.1. The molecule has 8 heteroatoms. The number of rotatable bonds is 5. The van der Waals surface area contributed by atoms with Gasteiger partial charge in [0, 0.05) is 17.8 Å². The van der Waals surface area contributed by atoms with Gasteiger partial charge in [-0.2, -0.15) is 13.8 Å². The number of furan rings is 1. The number of aryl methyl sites for hydroxylation is 2. The first-order valence-electron chi connectivity index (χ1n) is 8.18. The Bertz CT molecular complexity index is 1050. The molecule has 0 spiro atoms.